The number of H-pyrrole nitrogens is 1. The lowest BCUT2D eigenvalue weighted by molar-refractivity contribution is -0.122. The maximum absolute atomic E-state index is 11.6. The normalized spacial score (nSPS) is 17.9. The molecule has 0 saturated carbocycles. The molecule has 0 aliphatic carbocycles. The Labute approximate surface area is 104 Å². The van der Waals surface area contributed by atoms with Crippen LogP contribution in [-0.4, -0.2) is 27.2 Å². The Kier molecular flexibility index (Phi) is 2.23. The summed E-state index contributed by atoms with van der Waals surface area (Å²) in [5, 5.41) is 2.79. The topological polar surface area (TPSA) is 70.1 Å². The van der Waals surface area contributed by atoms with Crippen LogP contribution in [0, 0.1) is 0 Å². The Balaban J connectivity index is 1.87. The van der Waals surface area contributed by atoms with Gasteiger partial charge in [0.2, 0.25) is 0 Å². The first-order valence-corrected chi connectivity index (χ1v) is 5.88. The second-order valence-electron chi connectivity index (χ2n) is 4.95. The Hall–Kier alpha value is -2.17. The fourth-order valence-corrected chi connectivity index (χ4v) is 2.03. The Bertz CT molecular complexity index is 621. The van der Waals surface area contributed by atoms with Crippen molar-refractivity contribution in [3.05, 3.63) is 30.1 Å². The average molecular weight is 242 g/mol. The fraction of sp³-hybridized carbons (Fsp3) is 0.308. The molecule has 3 rings (SSSR count). The van der Waals surface area contributed by atoms with E-state index in [1.54, 1.807) is 13.8 Å². The number of para-hydroxylation sites is 2. The second-order valence-corrected chi connectivity index (χ2v) is 4.95. The van der Waals surface area contributed by atoms with Crippen LogP contribution < -0.4 is 5.32 Å². The summed E-state index contributed by atoms with van der Waals surface area (Å²) in [7, 11) is 0. The summed E-state index contributed by atoms with van der Waals surface area (Å²) in [4.78, 5) is 23.7. The number of hydrogen-bond acceptors (Lipinski definition) is 3. The predicted molar refractivity (Wildman–Crippen MR) is 69.5 cm³/mol. The molecule has 1 aromatic heterocycles. The van der Waals surface area contributed by atoms with E-state index in [4.69, 9.17) is 0 Å². The SMILES string of the molecule is CC1(C)N=C(Cc2nc3ccccc3[nH]2)NC1=O. The van der Waals surface area contributed by atoms with Gasteiger partial charge >= 0.3 is 0 Å². The van der Waals surface area contributed by atoms with Crippen LogP contribution in [0.4, 0.5) is 0 Å². The number of nitrogens with zero attached hydrogens (tertiary/aromatic N) is 2. The van der Waals surface area contributed by atoms with Gasteiger partial charge in [-0.25, -0.2) is 4.98 Å². The number of fused-ring (bicyclic) bond motifs is 1. The van der Waals surface area contributed by atoms with E-state index >= 15 is 0 Å². The van der Waals surface area contributed by atoms with E-state index in [-0.39, 0.29) is 5.91 Å². The number of amides is 1. The van der Waals surface area contributed by atoms with Crippen molar-refractivity contribution in [1.82, 2.24) is 15.3 Å². The van der Waals surface area contributed by atoms with Crippen LogP contribution in [0.2, 0.25) is 0 Å². The second kappa shape index (κ2) is 3.66. The van der Waals surface area contributed by atoms with Gasteiger partial charge < -0.3 is 10.3 Å². The van der Waals surface area contributed by atoms with Gasteiger partial charge in [-0.05, 0) is 26.0 Å². The summed E-state index contributed by atoms with van der Waals surface area (Å²) in [5.74, 6) is 1.42. The first-order valence-electron chi connectivity index (χ1n) is 5.88. The van der Waals surface area contributed by atoms with Crippen LogP contribution in [0.3, 0.4) is 0 Å². The molecule has 18 heavy (non-hydrogen) atoms. The van der Waals surface area contributed by atoms with E-state index in [0.29, 0.717) is 12.3 Å². The third-order valence-electron chi connectivity index (χ3n) is 3.00. The molecule has 1 amide bonds. The van der Waals surface area contributed by atoms with E-state index in [2.05, 4.69) is 20.3 Å². The molecule has 0 radical (unpaired) electrons. The molecule has 0 spiro atoms. The highest BCUT2D eigenvalue weighted by Crippen LogP contribution is 2.16. The van der Waals surface area contributed by atoms with Crippen molar-refractivity contribution in [2.24, 2.45) is 4.99 Å². The summed E-state index contributed by atoms with van der Waals surface area (Å²) < 4.78 is 0. The Morgan fingerprint density at radius 3 is 2.72 bits per heavy atom. The molecule has 0 fully saturated rings. The zero-order valence-electron chi connectivity index (χ0n) is 10.3. The number of benzene rings is 1. The highest BCUT2D eigenvalue weighted by atomic mass is 16.2. The molecule has 5 nitrogen and oxygen atoms in total. The van der Waals surface area contributed by atoms with Gasteiger partial charge in [0.15, 0.2) is 0 Å². The molecule has 1 aliphatic heterocycles. The number of carbonyl (C=O) groups excluding carboxylic acids is 1. The molecule has 2 heterocycles. The van der Waals surface area contributed by atoms with Crippen molar-refractivity contribution in [3.8, 4) is 0 Å². The summed E-state index contributed by atoms with van der Waals surface area (Å²) in [6, 6.07) is 7.84. The molecule has 0 bridgehead atoms. The maximum atomic E-state index is 11.6. The number of aromatic amines is 1. The van der Waals surface area contributed by atoms with E-state index in [1.807, 2.05) is 24.3 Å². The molecule has 2 N–H and O–H groups in total. The largest absolute Gasteiger partial charge is 0.342 e. The first-order chi connectivity index (χ1) is 8.54. The number of hydrogen-bond donors (Lipinski definition) is 2. The van der Waals surface area contributed by atoms with Gasteiger partial charge in [0.1, 0.15) is 17.2 Å². The first kappa shape index (κ1) is 11.0. The van der Waals surface area contributed by atoms with Crippen molar-refractivity contribution in [2.75, 3.05) is 0 Å². The standard InChI is InChI=1S/C13H14N4O/c1-13(2)12(18)16-11(17-13)7-10-14-8-5-3-4-6-9(8)15-10/h3-6H,7H2,1-2H3,(H,14,15)(H,16,17,18). The van der Waals surface area contributed by atoms with Crippen molar-refractivity contribution in [1.29, 1.82) is 0 Å². The smallest absolute Gasteiger partial charge is 0.252 e. The van der Waals surface area contributed by atoms with Crippen LogP contribution in [0.15, 0.2) is 29.3 Å². The monoisotopic (exact) mass is 242 g/mol. The van der Waals surface area contributed by atoms with E-state index < -0.39 is 5.54 Å². The minimum Gasteiger partial charge on any atom is -0.342 e. The molecule has 5 heteroatoms. The van der Waals surface area contributed by atoms with Crippen LogP contribution in [0.1, 0.15) is 19.7 Å². The zero-order chi connectivity index (χ0) is 12.8. The lowest BCUT2D eigenvalue weighted by Gasteiger charge is -2.07. The predicted octanol–water partition coefficient (Wildman–Crippen LogP) is 1.41. The fourth-order valence-electron chi connectivity index (χ4n) is 2.03. The lowest BCUT2D eigenvalue weighted by Crippen LogP contribution is -2.34. The summed E-state index contributed by atoms with van der Waals surface area (Å²) >= 11 is 0. The van der Waals surface area contributed by atoms with E-state index in [0.717, 1.165) is 16.9 Å². The Morgan fingerprint density at radius 2 is 2.06 bits per heavy atom. The number of amidine groups is 1. The Morgan fingerprint density at radius 1 is 1.28 bits per heavy atom. The molecule has 1 aliphatic rings. The average Bonchev–Trinajstić information content (AvgIpc) is 2.79. The third-order valence-corrected chi connectivity index (χ3v) is 3.00. The van der Waals surface area contributed by atoms with Crippen LogP contribution in [-0.2, 0) is 11.2 Å². The number of nitrogens with one attached hydrogen (secondary N) is 2. The number of imidazole rings is 1. The number of rotatable bonds is 2. The molecule has 2 aromatic rings. The molecule has 92 valence electrons. The van der Waals surface area contributed by atoms with Crippen molar-refractivity contribution >= 4 is 22.8 Å². The molecule has 1 aromatic carbocycles. The third kappa shape index (κ3) is 1.77. The quantitative estimate of drug-likeness (QED) is 0.836. The molecular weight excluding hydrogens is 228 g/mol. The summed E-state index contributed by atoms with van der Waals surface area (Å²) in [5.41, 5.74) is 1.26. The van der Waals surface area contributed by atoms with Crippen molar-refractivity contribution in [2.45, 2.75) is 25.8 Å². The van der Waals surface area contributed by atoms with Gasteiger partial charge in [0, 0.05) is 0 Å². The van der Waals surface area contributed by atoms with E-state index in [1.165, 1.54) is 0 Å². The number of carbonyl (C=O) groups is 1. The van der Waals surface area contributed by atoms with Crippen LogP contribution >= 0.6 is 0 Å². The lowest BCUT2D eigenvalue weighted by atomic mass is 10.1. The van der Waals surface area contributed by atoms with Gasteiger partial charge in [0.25, 0.3) is 5.91 Å². The summed E-state index contributed by atoms with van der Waals surface area (Å²) in [6.07, 6.45) is 0.518. The number of aliphatic imine (C=N–C) groups is 1. The maximum Gasteiger partial charge on any atom is 0.252 e. The minimum atomic E-state index is -0.665. The minimum absolute atomic E-state index is 0.0615. The van der Waals surface area contributed by atoms with Gasteiger partial charge in [0.05, 0.1) is 17.5 Å². The van der Waals surface area contributed by atoms with Crippen molar-refractivity contribution < 1.29 is 4.79 Å². The molecular formula is C13H14N4O. The molecule has 0 atom stereocenters. The van der Waals surface area contributed by atoms with E-state index in [9.17, 15) is 4.79 Å². The van der Waals surface area contributed by atoms with Gasteiger partial charge in [-0.15, -0.1) is 0 Å². The molecule has 0 unspecified atom stereocenters. The van der Waals surface area contributed by atoms with Crippen LogP contribution in [0.25, 0.3) is 11.0 Å². The van der Waals surface area contributed by atoms with Crippen molar-refractivity contribution in [3.63, 3.8) is 0 Å². The zero-order valence-corrected chi connectivity index (χ0v) is 10.3. The number of aromatic nitrogens is 2. The van der Waals surface area contributed by atoms with Gasteiger partial charge in [-0.2, -0.15) is 0 Å². The molecule has 0 saturated heterocycles. The summed E-state index contributed by atoms with van der Waals surface area (Å²) in [6.45, 7) is 3.60. The highest BCUT2D eigenvalue weighted by molar-refractivity contribution is 6.08. The highest BCUT2D eigenvalue weighted by Gasteiger charge is 2.34. The van der Waals surface area contributed by atoms with Crippen LogP contribution in [0.5, 0.6) is 0 Å². The van der Waals surface area contributed by atoms with Gasteiger partial charge in [-0.3, -0.25) is 9.79 Å². The van der Waals surface area contributed by atoms with Gasteiger partial charge in [-0.1, -0.05) is 12.1 Å².